The van der Waals surface area contributed by atoms with Gasteiger partial charge in [-0.05, 0) is 73.7 Å². The third kappa shape index (κ3) is 4.65. The van der Waals surface area contributed by atoms with Crippen molar-refractivity contribution in [1.82, 2.24) is 5.01 Å². The summed E-state index contributed by atoms with van der Waals surface area (Å²) in [7, 11) is 1.50. The van der Waals surface area contributed by atoms with Crippen LogP contribution in [-0.2, 0) is 24.6 Å². The van der Waals surface area contributed by atoms with Gasteiger partial charge in [0.05, 0.1) is 41.7 Å². The van der Waals surface area contributed by atoms with Crippen LogP contribution in [0, 0.1) is 30.6 Å². The van der Waals surface area contributed by atoms with E-state index in [9.17, 15) is 19.5 Å². The van der Waals surface area contributed by atoms with Crippen molar-refractivity contribution in [1.29, 1.82) is 0 Å². The molecule has 1 saturated carbocycles. The number of rotatable bonds is 6. The Hall–Kier alpha value is -5.22. The Morgan fingerprint density at radius 2 is 1.58 bits per heavy atom. The minimum atomic E-state index is -1.48. The molecule has 8 rings (SSSR count). The number of hydrogen-bond donors (Lipinski definition) is 2. The van der Waals surface area contributed by atoms with Gasteiger partial charge >= 0.3 is 0 Å². The summed E-state index contributed by atoms with van der Waals surface area (Å²) in [5.41, 5.74) is 5.54. The van der Waals surface area contributed by atoms with E-state index in [0.29, 0.717) is 28.3 Å². The van der Waals surface area contributed by atoms with Crippen molar-refractivity contribution in [2.24, 2.45) is 23.7 Å². The number of anilines is 2. The lowest BCUT2D eigenvalue weighted by atomic mass is 9.49. The van der Waals surface area contributed by atoms with Gasteiger partial charge in [-0.2, -0.15) is 5.01 Å². The molecule has 9 nitrogen and oxygen atoms in total. The third-order valence-electron chi connectivity index (χ3n) is 11.0. The molecule has 4 aliphatic rings. The largest absolute Gasteiger partial charge is 0.508 e. The van der Waals surface area contributed by atoms with Gasteiger partial charge in [-0.15, -0.1) is 0 Å². The summed E-state index contributed by atoms with van der Waals surface area (Å²) in [6.45, 7) is 1.95. The quantitative estimate of drug-likeness (QED) is 0.168. The number of hydrazine groups is 1. The Bertz CT molecular complexity index is 2080. The number of imide groups is 2. The van der Waals surface area contributed by atoms with E-state index in [2.05, 4.69) is 21.4 Å². The molecular weight excluding hydrogens is 698 g/mol. The van der Waals surface area contributed by atoms with Gasteiger partial charge in [-0.3, -0.25) is 29.5 Å². The molecular formula is C40H34BrN3O6. The monoisotopic (exact) mass is 731 g/mol. The normalized spacial score (nSPS) is 27.1. The van der Waals surface area contributed by atoms with Crippen LogP contribution < -0.4 is 15.1 Å². The molecule has 4 aromatic carbocycles. The van der Waals surface area contributed by atoms with Gasteiger partial charge in [0.25, 0.3) is 11.8 Å². The number of hydrogen-bond acceptors (Lipinski definition) is 7. The van der Waals surface area contributed by atoms with Gasteiger partial charge in [0.15, 0.2) is 0 Å². The van der Waals surface area contributed by atoms with E-state index in [0.717, 1.165) is 20.6 Å². The topological polar surface area (TPSA) is 116 Å². The molecule has 50 heavy (non-hydrogen) atoms. The van der Waals surface area contributed by atoms with Crippen LogP contribution >= 0.6 is 15.9 Å². The number of aromatic hydroxyl groups is 1. The van der Waals surface area contributed by atoms with Crippen molar-refractivity contribution in [2.75, 3.05) is 17.4 Å². The van der Waals surface area contributed by atoms with Gasteiger partial charge in [0.2, 0.25) is 11.8 Å². The highest BCUT2D eigenvalue weighted by Gasteiger charge is 2.70. The second-order valence-electron chi connectivity index (χ2n) is 13.5. The molecule has 0 spiro atoms. The van der Waals surface area contributed by atoms with Gasteiger partial charge in [0.1, 0.15) is 11.5 Å². The zero-order valence-corrected chi connectivity index (χ0v) is 29.0. The van der Waals surface area contributed by atoms with Crippen LogP contribution in [0.4, 0.5) is 11.4 Å². The molecule has 4 aromatic rings. The number of phenolic OH excluding ortho intramolecular Hbond substituents is 1. The van der Waals surface area contributed by atoms with Crippen molar-refractivity contribution < 1.29 is 29.0 Å². The number of aryl methyl sites for hydroxylation is 1. The van der Waals surface area contributed by atoms with Crippen LogP contribution in [0.25, 0.3) is 0 Å². The molecule has 4 amide bonds. The average Bonchev–Trinajstić information content (AvgIpc) is 3.51. The number of carbonyl (C=O) groups excluding carboxylic acids is 4. The minimum Gasteiger partial charge on any atom is -0.508 e. The van der Waals surface area contributed by atoms with Crippen LogP contribution in [0.3, 0.4) is 0 Å². The summed E-state index contributed by atoms with van der Waals surface area (Å²) < 4.78 is 6.23. The van der Waals surface area contributed by atoms with Crippen molar-refractivity contribution in [3.8, 4) is 11.5 Å². The first kappa shape index (κ1) is 32.0. The highest BCUT2D eigenvalue weighted by Crippen LogP contribution is 2.65. The zero-order chi connectivity index (χ0) is 34.9. The molecule has 0 bridgehead atoms. The third-order valence-corrected chi connectivity index (χ3v) is 11.6. The molecule has 6 atom stereocenters. The predicted octanol–water partition coefficient (Wildman–Crippen LogP) is 6.66. The SMILES string of the molecule is COc1ccc(C2C3=CCC4C(=O)N(c5ccc(Br)cc5)C(=O)C4C3CC3C(=O)N(Nc4ccc(C)cc4)C(=O)C32c2ccccc2)c(O)c1. The Morgan fingerprint density at radius 3 is 2.26 bits per heavy atom. The highest BCUT2D eigenvalue weighted by atomic mass is 79.9. The van der Waals surface area contributed by atoms with Crippen LogP contribution in [0.15, 0.2) is 113 Å². The number of nitrogens with zero attached hydrogens (tertiary/aromatic N) is 2. The Balaban J connectivity index is 1.32. The van der Waals surface area contributed by atoms with Crippen LogP contribution in [0.1, 0.15) is 35.4 Å². The molecule has 3 fully saturated rings. The smallest absolute Gasteiger partial charge is 0.260 e. The fourth-order valence-electron chi connectivity index (χ4n) is 8.83. The molecule has 2 N–H and O–H groups in total. The average molecular weight is 733 g/mol. The lowest BCUT2D eigenvalue weighted by Gasteiger charge is -2.50. The number of fused-ring (bicyclic) bond motifs is 4. The van der Waals surface area contributed by atoms with E-state index >= 15 is 4.79 Å². The number of nitrogens with one attached hydrogen (secondary N) is 1. The number of ether oxygens (including phenoxy) is 1. The van der Waals surface area contributed by atoms with E-state index in [-0.39, 0.29) is 30.4 Å². The Labute approximate surface area is 297 Å². The summed E-state index contributed by atoms with van der Waals surface area (Å²) in [5, 5.41) is 12.8. The van der Waals surface area contributed by atoms with Gasteiger partial charge < -0.3 is 9.84 Å². The first-order valence-electron chi connectivity index (χ1n) is 16.6. The first-order chi connectivity index (χ1) is 24.1. The lowest BCUT2D eigenvalue weighted by molar-refractivity contribution is -0.138. The molecule has 0 radical (unpaired) electrons. The zero-order valence-electron chi connectivity index (χ0n) is 27.4. The molecule has 10 heteroatoms. The van der Waals surface area contributed by atoms with E-state index in [1.165, 1.54) is 18.1 Å². The highest BCUT2D eigenvalue weighted by molar-refractivity contribution is 9.10. The number of halogens is 1. The maximum absolute atomic E-state index is 15.2. The maximum atomic E-state index is 15.2. The van der Waals surface area contributed by atoms with Crippen molar-refractivity contribution in [2.45, 2.75) is 31.1 Å². The second kappa shape index (κ2) is 12.0. The molecule has 2 aliphatic heterocycles. The standard InChI is InChI=1S/C40H34BrN3O6/c1-22-8-12-25(13-9-22)42-44-37(47)32-21-31-28(18-19-30-34(31)38(48)43(36(30)46)26-14-10-24(41)11-15-26)35(29-17-16-27(50-2)20-33(29)45)40(32,39(44)49)23-6-4-3-5-7-23/h3-18,20,30-32,34-35,42,45H,19,21H2,1-2H3. The Morgan fingerprint density at radius 1 is 0.860 bits per heavy atom. The van der Waals surface area contributed by atoms with E-state index < -0.39 is 46.8 Å². The van der Waals surface area contributed by atoms with Crippen LogP contribution in [0.5, 0.6) is 11.5 Å². The number of carbonyl (C=O) groups is 4. The van der Waals surface area contributed by atoms with Crippen molar-refractivity contribution in [3.05, 3.63) is 130 Å². The van der Waals surface area contributed by atoms with Crippen molar-refractivity contribution >= 4 is 50.9 Å². The number of allylic oxidation sites excluding steroid dienone is 2. The first-order valence-corrected chi connectivity index (χ1v) is 17.4. The van der Waals surface area contributed by atoms with Crippen LogP contribution in [0.2, 0.25) is 0 Å². The maximum Gasteiger partial charge on any atom is 0.260 e. The minimum absolute atomic E-state index is 0.0948. The fraction of sp³-hybridized carbons (Fsp3) is 0.250. The Kier molecular flexibility index (Phi) is 7.67. The summed E-state index contributed by atoms with van der Waals surface area (Å²) in [6.07, 6.45) is 2.43. The van der Waals surface area contributed by atoms with Gasteiger partial charge in [0, 0.05) is 22.0 Å². The number of benzene rings is 4. The van der Waals surface area contributed by atoms with Gasteiger partial charge in [-0.1, -0.05) is 81.7 Å². The molecule has 6 unspecified atom stereocenters. The van der Waals surface area contributed by atoms with Gasteiger partial charge in [-0.25, -0.2) is 0 Å². The molecule has 2 aliphatic carbocycles. The lowest BCUT2D eigenvalue weighted by Crippen LogP contribution is -2.53. The summed E-state index contributed by atoms with van der Waals surface area (Å²) in [6, 6.07) is 28.7. The summed E-state index contributed by atoms with van der Waals surface area (Å²) in [4.78, 5) is 59.7. The molecule has 0 aromatic heterocycles. The van der Waals surface area contributed by atoms with Crippen LogP contribution in [-0.4, -0.2) is 40.9 Å². The second-order valence-corrected chi connectivity index (χ2v) is 14.4. The van der Waals surface area contributed by atoms with Crippen molar-refractivity contribution in [3.63, 3.8) is 0 Å². The van der Waals surface area contributed by atoms with E-state index in [1.54, 1.807) is 36.4 Å². The van der Waals surface area contributed by atoms with E-state index in [1.807, 2.05) is 67.6 Å². The molecule has 2 heterocycles. The summed E-state index contributed by atoms with van der Waals surface area (Å²) >= 11 is 3.43. The number of phenols is 1. The number of methoxy groups -OCH3 is 1. The fourth-order valence-corrected chi connectivity index (χ4v) is 9.10. The molecule has 252 valence electrons. The number of amides is 4. The molecule has 2 saturated heterocycles. The van der Waals surface area contributed by atoms with E-state index in [4.69, 9.17) is 4.74 Å². The predicted molar refractivity (Wildman–Crippen MR) is 190 cm³/mol. The summed E-state index contributed by atoms with van der Waals surface area (Å²) in [5.74, 6) is -4.83.